The highest BCUT2D eigenvalue weighted by atomic mass is 16.5. The molecule has 0 saturated heterocycles. The molecule has 2 atom stereocenters. The van der Waals surface area contributed by atoms with Crippen molar-refractivity contribution in [2.24, 2.45) is 5.92 Å². The molecule has 2 unspecified atom stereocenters. The molecule has 2 amide bonds. The zero-order valence-corrected chi connectivity index (χ0v) is 20.4. The molecule has 1 saturated carbocycles. The molecule has 2 aliphatic carbocycles. The highest BCUT2D eigenvalue weighted by Crippen LogP contribution is 2.44. The quantitative estimate of drug-likeness (QED) is 0.503. The van der Waals surface area contributed by atoms with Crippen molar-refractivity contribution >= 4 is 18.0 Å². The number of carbonyl (C=O) groups is 3. The Kier molecular flexibility index (Phi) is 7.43. The first-order chi connectivity index (χ1) is 16.7. The van der Waals surface area contributed by atoms with E-state index in [-0.39, 0.29) is 30.9 Å². The Bertz CT molecular complexity index is 1050. The number of carboxylic acids is 1. The average molecular weight is 479 g/mol. The van der Waals surface area contributed by atoms with E-state index in [1.165, 1.54) is 11.1 Å². The number of carboxylic acid groups (broad SMARTS) is 1. The summed E-state index contributed by atoms with van der Waals surface area (Å²) in [4.78, 5) is 36.6. The fourth-order valence-electron chi connectivity index (χ4n) is 5.28. The van der Waals surface area contributed by atoms with Gasteiger partial charge in [0.15, 0.2) is 0 Å². The monoisotopic (exact) mass is 478 g/mol. The van der Waals surface area contributed by atoms with Crippen LogP contribution in [-0.2, 0) is 14.3 Å². The Morgan fingerprint density at radius 1 is 0.971 bits per heavy atom. The summed E-state index contributed by atoms with van der Waals surface area (Å²) in [6.45, 7) is 3.93. The fourth-order valence-corrected chi connectivity index (χ4v) is 5.28. The van der Waals surface area contributed by atoms with E-state index in [0.717, 1.165) is 24.0 Å². The number of aliphatic carboxylic acids is 1. The smallest absolute Gasteiger partial charge is 0.407 e. The number of amides is 2. The number of fused-ring (bicyclic) bond motifs is 3. The van der Waals surface area contributed by atoms with Crippen LogP contribution in [0.1, 0.15) is 69.4 Å². The van der Waals surface area contributed by atoms with E-state index in [0.29, 0.717) is 19.3 Å². The Labute approximate surface area is 206 Å². The van der Waals surface area contributed by atoms with Gasteiger partial charge in [-0.2, -0.15) is 0 Å². The van der Waals surface area contributed by atoms with Crippen molar-refractivity contribution in [1.29, 1.82) is 0 Å². The maximum atomic E-state index is 12.6. The van der Waals surface area contributed by atoms with E-state index in [1.807, 2.05) is 38.1 Å². The second-order valence-electron chi connectivity index (χ2n) is 10.2. The van der Waals surface area contributed by atoms with Gasteiger partial charge in [0.2, 0.25) is 5.91 Å². The molecule has 3 N–H and O–H groups in total. The molecule has 186 valence electrons. The number of rotatable bonds is 8. The van der Waals surface area contributed by atoms with Crippen LogP contribution in [0.3, 0.4) is 0 Å². The predicted molar refractivity (Wildman–Crippen MR) is 133 cm³/mol. The molecule has 7 nitrogen and oxygen atoms in total. The molecular weight excluding hydrogens is 444 g/mol. The van der Waals surface area contributed by atoms with Gasteiger partial charge in [-0.05, 0) is 55.4 Å². The minimum atomic E-state index is -0.854. The van der Waals surface area contributed by atoms with E-state index < -0.39 is 23.5 Å². The van der Waals surface area contributed by atoms with Crippen molar-refractivity contribution in [2.75, 3.05) is 6.61 Å². The third-order valence-corrected chi connectivity index (χ3v) is 7.19. The molecule has 0 bridgehead atoms. The van der Waals surface area contributed by atoms with Gasteiger partial charge in [-0.25, -0.2) is 4.79 Å². The van der Waals surface area contributed by atoms with Gasteiger partial charge in [0, 0.05) is 23.9 Å². The maximum absolute atomic E-state index is 12.6. The van der Waals surface area contributed by atoms with Crippen LogP contribution in [0.15, 0.2) is 48.5 Å². The summed E-state index contributed by atoms with van der Waals surface area (Å²) in [5.74, 6) is -1.59. The van der Waals surface area contributed by atoms with Crippen LogP contribution < -0.4 is 10.6 Å². The summed E-state index contributed by atoms with van der Waals surface area (Å²) in [5, 5.41) is 15.2. The first kappa shape index (κ1) is 24.8. The first-order valence-corrected chi connectivity index (χ1v) is 12.4. The topological polar surface area (TPSA) is 105 Å². The lowest BCUT2D eigenvalue weighted by atomic mass is 9.84. The molecule has 0 spiro atoms. The van der Waals surface area contributed by atoms with Crippen molar-refractivity contribution in [3.05, 3.63) is 59.7 Å². The predicted octanol–water partition coefficient (Wildman–Crippen LogP) is 4.84. The highest BCUT2D eigenvalue weighted by Gasteiger charge is 2.33. The first-order valence-electron chi connectivity index (χ1n) is 12.4. The SMILES string of the molecule is CC(C)(CCC(=O)NC1CCCCC1C(=O)O)NC(=O)OCC1c2ccccc2-c2ccccc21. The summed E-state index contributed by atoms with van der Waals surface area (Å²) in [6, 6.07) is 16.0. The molecule has 2 aliphatic rings. The zero-order chi connectivity index (χ0) is 25.0. The van der Waals surface area contributed by atoms with E-state index in [1.54, 1.807) is 0 Å². The Hall–Kier alpha value is -3.35. The molecular formula is C28H34N2O5. The van der Waals surface area contributed by atoms with Gasteiger partial charge >= 0.3 is 12.1 Å². The van der Waals surface area contributed by atoms with Crippen molar-refractivity contribution < 1.29 is 24.2 Å². The molecule has 7 heteroatoms. The van der Waals surface area contributed by atoms with Crippen LogP contribution in [0.5, 0.6) is 0 Å². The third-order valence-electron chi connectivity index (χ3n) is 7.19. The molecule has 2 aromatic rings. The van der Waals surface area contributed by atoms with Gasteiger partial charge in [0.1, 0.15) is 6.61 Å². The average Bonchev–Trinajstić information content (AvgIpc) is 3.15. The summed E-state index contributed by atoms with van der Waals surface area (Å²) < 4.78 is 5.63. The molecule has 4 rings (SSSR count). The van der Waals surface area contributed by atoms with E-state index in [2.05, 4.69) is 34.9 Å². The van der Waals surface area contributed by atoms with Crippen LogP contribution in [0.4, 0.5) is 4.79 Å². The maximum Gasteiger partial charge on any atom is 0.407 e. The van der Waals surface area contributed by atoms with Crippen LogP contribution in [0.2, 0.25) is 0 Å². The highest BCUT2D eigenvalue weighted by molar-refractivity contribution is 5.79. The molecule has 0 radical (unpaired) electrons. The van der Waals surface area contributed by atoms with Gasteiger partial charge in [0.05, 0.1) is 5.92 Å². The molecule has 35 heavy (non-hydrogen) atoms. The number of hydrogen-bond donors (Lipinski definition) is 3. The standard InChI is InChI=1S/C28H34N2O5/c1-28(2,16-15-25(31)29-24-14-8-7-13-22(24)26(32)33)30-27(34)35-17-23-20-11-5-3-9-18(20)19-10-4-6-12-21(19)23/h3-6,9-12,22-24H,7-8,13-17H2,1-2H3,(H,29,31)(H,30,34)(H,32,33). The second-order valence-corrected chi connectivity index (χ2v) is 10.2. The van der Waals surface area contributed by atoms with Crippen LogP contribution in [0.25, 0.3) is 11.1 Å². The summed E-state index contributed by atoms with van der Waals surface area (Å²) in [6.07, 6.45) is 3.16. The van der Waals surface area contributed by atoms with Crippen LogP contribution in [-0.4, -0.2) is 41.3 Å². The van der Waals surface area contributed by atoms with E-state index in [9.17, 15) is 19.5 Å². The molecule has 0 aromatic heterocycles. The van der Waals surface area contributed by atoms with Crippen molar-refractivity contribution in [3.8, 4) is 11.1 Å². The number of hydrogen-bond acceptors (Lipinski definition) is 4. The normalized spacial score (nSPS) is 19.4. The molecule has 0 aliphatic heterocycles. The summed E-state index contributed by atoms with van der Waals surface area (Å²) >= 11 is 0. The largest absolute Gasteiger partial charge is 0.481 e. The number of nitrogens with one attached hydrogen (secondary N) is 2. The lowest BCUT2D eigenvalue weighted by Gasteiger charge is -2.30. The van der Waals surface area contributed by atoms with Crippen molar-refractivity contribution in [2.45, 2.75) is 69.9 Å². The number of ether oxygens (including phenoxy) is 1. The lowest BCUT2D eigenvalue weighted by Crippen LogP contribution is -2.47. The molecule has 0 heterocycles. The van der Waals surface area contributed by atoms with Gasteiger partial charge in [-0.15, -0.1) is 0 Å². The Morgan fingerprint density at radius 3 is 2.20 bits per heavy atom. The Morgan fingerprint density at radius 2 is 1.57 bits per heavy atom. The summed E-state index contributed by atoms with van der Waals surface area (Å²) in [5.41, 5.74) is 4.00. The number of carbonyl (C=O) groups excluding carboxylic acids is 2. The van der Waals surface area contributed by atoms with Gasteiger partial charge in [0.25, 0.3) is 0 Å². The third kappa shape index (κ3) is 5.84. The van der Waals surface area contributed by atoms with Gasteiger partial charge < -0.3 is 20.5 Å². The minimum absolute atomic E-state index is 0.0142. The van der Waals surface area contributed by atoms with E-state index >= 15 is 0 Å². The van der Waals surface area contributed by atoms with E-state index in [4.69, 9.17) is 4.74 Å². The van der Waals surface area contributed by atoms with Crippen LogP contribution in [0, 0.1) is 5.92 Å². The van der Waals surface area contributed by atoms with Crippen molar-refractivity contribution in [1.82, 2.24) is 10.6 Å². The van der Waals surface area contributed by atoms with Crippen molar-refractivity contribution in [3.63, 3.8) is 0 Å². The summed E-state index contributed by atoms with van der Waals surface area (Å²) in [7, 11) is 0. The number of alkyl carbamates (subject to hydrolysis) is 1. The molecule has 2 aromatic carbocycles. The second kappa shape index (κ2) is 10.5. The van der Waals surface area contributed by atoms with Gasteiger partial charge in [-0.3, -0.25) is 9.59 Å². The molecule has 1 fully saturated rings. The Balaban J connectivity index is 1.27. The van der Waals surface area contributed by atoms with Crippen LogP contribution >= 0.6 is 0 Å². The minimum Gasteiger partial charge on any atom is -0.481 e. The zero-order valence-electron chi connectivity index (χ0n) is 20.4. The fraction of sp³-hybridized carbons (Fsp3) is 0.464. The van der Waals surface area contributed by atoms with Gasteiger partial charge in [-0.1, -0.05) is 61.4 Å². The number of benzene rings is 2. The lowest BCUT2D eigenvalue weighted by molar-refractivity contribution is -0.144.